The number of aromatic nitrogens is 1. The molecule has 1 rings (SSSR count). The molecular weight excluding hydrogens is 276 g/mol. The van der Waals surface area contributed by atoms with Crippen LogP contribution in [0.25, 0.3) is 0 Å². The minimum absolute atomic E-state index is 0.0174. The maximum Gasteiger partial charge on any atom is 0.246 e. The summed E-state index contributed by atoms with van der Waals surface area (Å²) in [5, 5.41) is 8.92. The Hall–Kier alpha value is -0.690. The quantitative estimate of drug-likeness (QED) is 0.774. The van der Waals surface area contributed by atoms with E-state index in [2.05, 4.69) is 4.98 Å². The highest BCUT2D eigenvalue weighted by molar-refractivity contribution is 7.89. The van der Waals surface area contributed by atoms with Gasteiger partial charge in [0.25, 0.3) is 0 Å². The summed E-state index contributed by atoms with van der Waals surface area (Å²) in [4.78, 5) is 3.75. The average Bonchev–Trinajstić information content (AvgIpc) is 2.34. The highest BCUT2D eigenvalue weighted by atomic mass is 35.5. The Bertz CT molecular complexity index is 479. The Morgan fingerprint density at radius 1 is 1.44 bits per heavy atom. The lowest BCUT2D eigenvalue weighted by molar-refractivity contribution is 0.252. The monoisotopic (exact) mass is 292 g/mol. The van der Waals surface area contributed by atoms with Gasteiger partial charge in [-0.25, -0.2) is 13.4 Å². The third-order valence-corrected chi connectivity index (χ3v) is 4.80. The van der Waals surface area contributed by atoms with Crippen LogP contribution in [0.15, 0.2) is 23.2 Å². The lowest BCUT2D eigenvalue weighted by Crippen LogP contribution is -2.34. The molecule has 0 aliphatic rings. The van der Waals surface area contributed by atoms with Gasteiger partial charge in [0.15, 0.2) is 0 Å². The first kappa shape index (κ1) is 15.4. The van der Waals surface area contributed by atoms with E-state index >= 15 is 0 Å². The van der Waals surface area contributed by atoms with Gasteiger partial charge in [0.05, 0.1) is 6.61 Å². The standard InChI is InChI=1S/C11H17ClN2O3S/c1-2-3-7-14(8-9-15)18(16,17)10-5-4-6-13-11(10)12/h4-6,15H,2-3,7-9H2,1H3. The van der Waals surface area contributed by atoms with Gasteiger partial charge in [0.2, 0.25) is 10.0 Å². The minimum Gasteiger partial charge on any atom is -0.395 e. The van der Waals surface area contributed by atoms with Crippen molar-refractivity contribution in [1.82, 2.24) is 9.29 Å². The first-order chi connectivity index (χ1) is 8.54. The van der Waals surface area contributed by atoms with Crippen LogP contribution in [0.5, 0.6) is 0 Å². The summed E-state index contributed by atoms with van der Waals surface area (Å²) in [5.41, 5.74) is 0. The molecule has 7 heteroatoms. The summed E-state index contributed by atoms with van der Waals surface area (Å²) in [6, 6.07) is 2.94. The minimum atomic E-state index is -3.69. The summed E-state index contributed by atoms with van der Waals surface area (Å²) in [5.74, 6) is 0. The van der Waals surface area contributed by atoms with Crippen molar-refractivity contribution >= 4 is 21.6 Å². The van der Waals surface area contributed by atoms with Crippen LogP contribution < -0.4 is 0 Å². The van der Waals surface area contributed by atoms with Crippen molar-refractivity contribution in [3.05, 3.63) is 23.5 Å². The molecule has 0 saturated heterocycles. The molecule has 0 unspecified atom stereocenters. The number of nitrogens with zero attached hydrogens (tertiary/aromatic N) is 2. The molecule has 1 N–H and O–H groups in total. The molecule has 0 aromatic carbocycles. The van der Waals surface area contributed by atoms with Gasteiger partial charge in [0, 0.05) is 19.3 Å². The zero-order valence-corrected chi connectivity index (χ0v) is 11.8. The molecule has 0 fully saturated rings. The van der Waals surface area contributed by atoms with Gasteiger partial charge in [-0.15, -0.1) is 0 Å². The maximum absolute atomic E-state index is 12.3. The number of pyridine rings is 1. The fourth-order valence-corrected chi connectivity index (χ4v) is 3.40. The van der Waals surface area contributed by atoms with E-state index in [4.69, 9.17) is 16.7 Å². The van der Waals surface area contributed by atoms with Gasteiger partial charge in [-0.3, -0.25) is 0 Å². The van der Waals surface area contributed by atoms with E-state index in [9.17, 15) is 8.42 Å². The van der Waals surface area contributed by atoms with Crippen molar-refractivity contribution in [2.75, 3.05) is 19.7 Å². The van der Waals surface area contributed by atoms with E-state index in [0.717, 1.165) is 12.8 Å². The Labute approximate surface area is 112 Å². The van der Waals surface area contributed by atoms with Crippen molar-refractivity contribution < 1.29 is 13.5 Å². The predicted molar refractivity (Wildman–Crippen MR) is 70.0 cm³/mol. The molecular formula is C11H17ClN2O3S. The number of aliphatic hydroxyl groups is 1. The van der Waals surface area contributed by atoms with Crippen LogP contribution in [0, 0.1) is 0 Å². The molecule has 0 atom stereocenters. The third-order valence-electron chi connectivity index (χ3n) is 2.45. The Morgan fingerprint density at radius 2 is 2.17 bits per heavy atom. The zero-order chi connectivity index (χ0) is 13.6. The molecule has 5 nitrogen and oxygen atoms in total. The largest absolute Gasteiger partial charge is 0.395 e. The van der Waals surface area contributed by atoms with Gasteiger partial charge < -0.3 is 5.11 Å². The smallest absolute Gasteiger partial charge is 0.246 e. The van der Waals surface area contributed by atoms with Gasteiger partial charge in [-0.2, -0.15) is 4.31 Å². The first-order valence-electron chi connectivity index (χ1n) is 5.75. The second kappa shape index (κ2) is 7.04. The van der Waals surface area contributed by atoms with Crippen LogP contribution in [0.3, 0.4) is 0 Å². The Kier molecular flexibility index (Phi) is 6.01. The molecule has 0 aliphatic carbocycles. The number of halogens is 1. The fraction of sp³-hybridized carbons (Fsp3) is 0.545. The SMILES string of the molecule is CCCCN(CCO)S(=O)(=O)c1cccnc1Cl. The van der Waals surface area contributed by atoms with E-state index in [1.165, 1.54) is 22.6 Å². The van der Waals surface area contributed by atoms with Crippen LogP contribution in [0.1, 0.15) is 19.8 Å². The molecule has 1 aromatic heterocycles. The number of aliphatic hydroxyl groups excluding tert-OH is 1. The van der Waals surface area contributed by atoms with E-state index in [1.807, 2.05) is 6.92 Å². The molecule has 0 radical (unpaired) electrons. The van der Waals surface area contributed by atoms with Crippen molar-refractivity contribution in [3.8, 4) is 0 Å². The summed E-state index contributed by atoms with van der Waals surface area (Å²) < 4.78 is 25.9. The second-order valence-electron chi connectivity index (χ2n) is 3.77. The van der Waals surface area contributed by atoms with Gasteiger partial charge >= 0.3 is 0 Å². The molecule has 1 aromatic rings. The van der Waals surface area contributed by atoms with Gasteiger partial charge in [0.1, 0.15) is 10.0 Å². The zero-order valence-electron chi connectivity index (χ0n) is 10.2. The van der Waals surface area contributed by atoms with Gasteiger partial charge in [-0.05, 0) is 18.6 Å². The van der Waals surface area contributed by atoms with Gasteiger partial charge in [-0.1, -0.05) is 24.9 Å². The number of rotatable bonds is 7. The summed E-state index contributed by atoms with van der Waals surface area (Å²) in [6.07, 6.45) is 3.04. The van der Waals surface area contributed by atoms with E-state index in [0.29, 0.717) is 6.54 Å². The molecule has 0 aliphatic heterocycles. The number of hydrogen-bond acceptors (Lipinski definition) is 4. The summed E-state index contributed by atoms with van der Waals surface area (Å²) in [6.45, 7) is 2.18. The maximum atomic E-state index is 12.3. The highest BCUT2D eigenvalue weighted by Gasteiger charge is 2.26. The topological polar surface area (TPSA) is 70.5 Å². The van der Waals surface area contributed by atoms with Crippen LogP contribution in [0.4, 0.5) is 0 Å². The highest BCUT2D eigenvalue weighted by Crippen LogP contribution is 2.22. The normalized spacial score (nSPS) is 12.0. The van der Waals surface area contributed by atoms with Crippen LogP contribution in [-0.4, -0.2) is 42.5 Å². The lowest BCUT2D eigenvalue weighted by atomic mass is 10.3. The number of unbranched alkanes of at least 4 members (excludes halogenated alkanes) is 1. The van der Waals surface area contributed by atoms with Crippen molar-refractivity contribution in [3.63, 3.8) is 0 Å². The average molecular weight is 293 g/mol. The van der Waals surface area contributed by atoms with E-state index in [1.54, 1.807) is 0 Å². The van der Waals surface area contributed by atoms with E-state index in [-0.39, 0.29) is 23.2 Å². The van der Waals surface area contributed by atoms with Crippen LogP contribution in [-0.2, 0) is 10.0 Å². The molecule has 0 bridgehead atoms. The van der Waals surface area contributed by atoms with Crippen molar-refractivity contribution in [2.24, 2.45) is 0 Å². The number of hydrogen-bond donors (Lipinski definition) is 1. The number of sulfonamides is 1. The molecule has 1 heterocycles. The van der Waals surface area contributed by atoms with Crippen LogP contribution in [0.2, 0.25) is 5.15 Å². The Morgan fingerprint density at radius 3 is 2.72 bits per heavy atom. The summed E-state index contributed by atoms with van der Waals surface area (Å²) in [7, 11) is -3.69. The first-order valence-corrected chi connectivity index (χ1v) is 7.57. The molecule has 18 heavy (non-hydrogen) atoms. The lowest BCUT2D eigenvalue weighted by Gasteiger charge is -2.21. The molecule has 102 valence electrons. The van der Waals surface area contributed by atoms with E-state index < -0.39 is 10.0 Å². The summed E-state index contributed by atoms with van der Waals surface area (Å²) >= 11 is 5.81. The Balaban J connectivity index is 3.05. The molecule has 0 spiro atoms. The predicted octanol–water partition coefficient (Wildman–Crippen LogP) is 1.52. The fourth-order valence-electron chi connectivity index (χ4n) is 1.50. The van der Waals surface area contributed by atoms with Crippen molar-refractivity contribution in [2.45, 2.75) is 24.7 Å². The molecule has 0 saturated carbocycles. The second-order valence-corrected chi connectivity index (χ2v) is 6.04. The van der Waals surface area contributed by atoms with Crippen molar-refractivity contribution in [1.29, 1.82) is 0 Å². The third kappa shape index (κ3) is 3.65. The van der Waals surface area contributed by atoms with Crippen LogP contribution >= 0.6 is 11.6 Å². The molecule has 0 amide bonds.